The number of carbonyl (C=O) groups excluding carboxylic acids is 1. The Hall–Kier alpha value is -0.410. The van der Waals surface area contributed by atoms with Gasteiger partial charge in [0.05, 0.1) is 6.10 Å². The zero-order valence-corrected chi connectivity index (χ0v) is 9.83. The van der Waals surface area contributed by atoms with Crippen LogP contribution < -0.4 is 0 Å². The van der Waals surface area contributed by atoms with Gasteiger partial charge < -0.3 is 9.47 Å². The summed E-state index contributed by atoms with van der Waals surface area (Å²) in [6.45, 7) is 3.53. The highest BCUT2D eigenvalue weighted by Gasteiger charge is 2.19. The molecule has 0 spiro atoms. The minimum Gasteiger partial charge on any atom is -0.385 e. The second-order valence-electron chi connectivity index (χ2n) is 4.32. The Kier molecular flexibility index (Phi) is 5.88. The number of ether oxygens (including phenoxy) is 2. The lowest BCUT2D eigenvalue weighted by atomic mass is 9.97. The lowest BCUT2D eigenvalue weighted by Crippen LogP contribution is -2.16. The van der Waals surface area contributed by atoms with Crippen LogP contribution in [0.1, 0.15) is 39.0 Å². The van der Waals surface area contributed by atoms with Crippen molar-refractivity contribution >= 4 is 5.78 Å². The summed E-state index contributed by atoms with van der Waals surface area (Å²) in [7, 11) is 1.67. The van der Waals surface area contributed by atoms with Crippen LogP contribution in [0, 0.1) is 5.92 Å². The first kappa shape index (κ1) is 12.7. The summed E-state index contributed by atoms with van der Waals surface area (Å²) < 4.78 is 10.5. The second kappa shape index (κ2) is 6.96. The van der Waals surface area contributed by atoms with Crippen LogP contribution in [0.3, 0.4) is 0 Å². The predicted octanol–water partition coefficient (Wildman–Crippen LogP) is 2.19. The fraction of sp³-hybridized carbons (Fsp3) is 0.917. The molecule has 0 aliphatic carbocycles. The molecule has 1 rings (SSSR count). The molecule has 3 nitrogen and oxygen atoms in total. The maximum absolute atomic E-state index is 11.7. The van der Waals surface area contributed by atoms with Gasteiger partial charge in [0.2, 0.25) is 0 Å². The van der Waals surface area contributed by atoms with Gasteiger partial charge in [-0.25, -0.2) is 0 Å². The highest BCUT2D eigenvalue weighted by atomic mass is 16.5. The summed E-state index contributed by atoms with van der Waals surface area (Å²) in [5.74, 6) is 0.480. The number of hydrogen-bond donors (Lipinski definition) is 0. The van der Waals surface area contributed by atoms with Crippen molar-refractivity contribution in [3.05, 3.63) is 0 Å². The molecule has 1 fully saturated rings. The van der Waals surface area contributed by atoms with E-state index in [9.17, 15) is 4.79 Å². The molecule has 0 aromatic rings. The van der Waals surface area contributed by atoms with Crippen LogP contribution in [-0.2, 0) is 14.3 Å². The number of Topliss-reactive ketones (excluding diaryl/α,β-unsaturated/α-hetero) is 1. The van der Waals surface area contributed by atoms with Crippen molar-refractivity contribution in [3.8, 4) is 0 Å². The van der Waals surface area contributed by atoms with E-state index in [4.69, 9.17) is 9.47 Å². The van der Waals surface area contributed by atoms with Crippen molar-refractivity contribution in [1.82, 2.24) is 0 Å². The maximum atomic E-state index is 11.7. The van der Waals surface area contributed by atoms with Gasteiger partial charge in [-0.2, -0.15) is 0 Å². The van der Waals surface area contributed by atoms with Crippen molar-refractivity contribution in [2.75, 3.05) is 20.3 Å². The van der Waals surface area contributed by atoms with Crippen molar-refractivity contribution in [2.45, 2.75) is 45.1 Å². The average Bonchev–Trinajstić information content (AvgIpc) is 2.75. The van der Waals surface area contributed by atoms with Gasteiger partial charge in [0.1, 0.15) is 5.78 Å². The molecule has 0 aromatic carbocycles. The number of ketones is 1. The van der Waals surface area contributed by atoms with E-state index >= 15 is 0 Å². The van der Waals surface area contributed by atoms with E-state index in [0.717, 1.165) is 32.3 Å². The molecular formula is C12H22O3. The van der Waals surface area contributed by atoms with Crippen LogP contribution in [-0.4, -0.2) is 32.2 Å². The monoisotopic (exact) mass is 214 g/mol. The highest BCUT2D eigenvalue weighted by molar-refractivity contribution is 5.80. The molecule has 0 aromatic heterocycles. The van der Waals surface area contributed by atoms with Gasteiger partial charge in [-0.15, -0.1) is 0 Å². The summed E-state index contributed by atoms with van der Waals surface area (Å²) in [5.41, 5.74) is 0. The van der Waals surface area contributed by atoms with E-state index in [1.165, 1.54) is 0 Å². The molecule has 15 heavy (non-hydrogen) atoms. The molecule has 1 saturated heterocycles. The Bertz CT molecular complexity index is 185. The summed E-state index contributed by atoms with van der Waals surface area (Å²) in [4.78, 5) is 11.7. The van der Waals surface area contributed by atoms with Crippen LogP contribution in [0.4, 0.5) is 0 Å². The van der Waals surface area contributed by atoms with E-state index in [0.29, 0.717) is 24.9 Å². The molecule has 1 aliphatic rings. The first-order chi connectivity index (χ1) is 7.24. The van der Waals surface area contributed by atoms with E-state index in [2.05, 4.69) is 0 Å². The van der Waals surface area contributed by atoms with Crippen LogP contribution in [0.15, 0.2) is 0 Å². The second-order valence-corrected chi connectivity index (χ2v) is 4.32. The predicted molar refractivity (Wildman–Crippen MR) is 58.9 cm³/mol. The fourth-order valence-corrected chi connectivity index (χ4v) is 1.88. The fourth-order valence-electron chi connectivity index (χ4n) is 1.88. The van der Waals surface area contributed by atoms with Gasteiger partial charge in [0, 0.05) is 32.7 Å². The van der Waals surface area contributed by atoms with E-state index in [1.54, 1.807) is 7.11 Å². The third-order valence-corrected chi connectivity index (χ3v) is 3.04. The summed E-state index contributed by atoms with van der Waals surface area (Å²) in [6.07, 6.45) is 5.01. The highest BCUT2D eigenvalue weighted by Crippen LogP contribution is 2.18. The zero-order valence-electron chi connectivity index (χ0n) is 9.83. The average molecular weight is 214 g/mol. The lowest BCUT2D eigenvalue weighted by Gasteiger charge is -2.12. The van der Waals surface area contributed by atoms with Crippen LogP contribution in [0.25, 0.3) is 0 Å². The Morgan fingerprint density at radius 1 is 1.60 bits per heavy atom. The molecule has 1 heterocycles. The van der Waals surface area contributed by atoms with E-state index in [1.807, 2.05) is 6.92 Å². The molecule has 2 atom stereocenters. The molecule has 3 heteroatoms. The zero-order chi connectivity index (χ0) is 11.1. The van der Waals surface area contributed by atoms with Crippen LogP contribution >= 0.6 is 0 Å². The SMILES string of the molecule is COCCC(C)C(=O)CCC1CCCO1. The quantitative estimate of drug-likeness (QED) is 0.651. The number of carbonyl (C=O) groups is 1. The first-order valence-electron chi connectivity index (χ1n) is 5.87. The molecule has 0 N–H and O–H groups in total. The topological polar surface area (TPSA) is 35.5 Å². The molecule has 0 amide bonds. The maximum Gasteiger partial charge on any atom is 0.135 e. The van der Waals surface area contributed by atoms with Crippen molar-refractivity contribution in [3.63, 3.8) is 0 Å². The largest absolute Gasteiger partial charge is 0.385 e. The standard InChI is InChI=1S/C12H22O3/c1-10(7-9-14-2)12(13)6-5-11-4-3-8-15-11/h10-11H,3-9H2,1-2H3. The van der Waals surface area contributed by atoms with E-state index < -0.39 is 0 Å². The minimum atomic E-state index is 0.131. The van der Waals surface area contributed by atoms with Gasteiger partial charge in [0.15, 0.2) is 0 Å². The molecular weight excluding hydrogens is 192 g/mol. The van der Waals surface area contributed by atoms with Gasteiger partial charge in [-0.1, -0.05) is 6.92 Å². The smallest absolute Gasteiger partial charge is 0.135 e. The van der Waals surface area contributed by atoms with Gasteiger partial charge >= 0.3 is 0 Å². The van der Waals surface area contributed by atoms with Gasteiger partial charge in [-0.3, -0.25) is 4.79 Å². The number of rotatable bonds is 7. The van der Waals surface area contributed by atoms with Crippen molar-refractivity contribution in [1.29, 1.82) is 0 Å². The third kappa shape index (κ3) is 4.76. The first-order valence-corrected chi connectivity index (χ1v) is 5.87. The van der Waals surface area contributed by atoms with E-state index in [-0.39, 0.29) is 5.92 Å². The van der Waals surface area contributed by atoms with Crippen LogP contribution in [0.2, 0.25) is 0 Å². The molecule has 0 radical (unpaired) electrons. The Labute approximate surface area is 92.1 Å². The molecule has 0 bridgehead atoms. The minimum absolute atomic E-state index is 0.131. The molecule has 88 valence electrons. The lowest BCUT2D eigenvalue weighted by molar-refractivity contribution is -0.123. The summed E-state index contributed by atoms with van der Waals surface area (Å²) in [5, 5.41) is 0. The van der Waals surface area contributed by atoms with Gasteiger partial charge in [-0.05, 0) is 25.7 Å². The molecule has 1 aliphatic heterocycles. The Morgan fingerprint density at radius 3 is 3.00 bits per heavy atom. The summed E-state index contributed by atoms with van der Waals surface area (Å²) >= 11 is 0. The van der Waals surface area contributed by atoms with Crippen LogP contribution in [0.5, 0.6) is 0 Å². The molecule has 0 saturated carbocycles. The number of hydrogen-bond acceptors (Lipinski definition) is 3. The summed E-state index contributed by atoms with van der Waals surface area (Å²) in [6, 6.07) is 0. The normalized spacial score (nSPS) is 22.9. The van der Waals surface area contributed by atoms with Crippen molar-refractivity contribution < 1.29 is 14.3 Å². The number of methoxy groups -OCH3 is 1. The Morgan fingerprint density at radius 2 is 2.40 bits per heavy atom. The third-order valence-electron chi connectivity index (χ3n) is 3.04. The molecule has 2 unspecified atom stereocenters. The Balaban J connectivity index is 2.11. The van der Waals surface area contributed by atoms with Crippen molar-refractivity contribution in [2.24, 2.45) is 5.92 Å². The van der Waals surface area contributed by atoms with Gasteiger partial charge in [0.25, 0.3) is 0 Å².